The summed E-state index contributed by atoms with van der Waals surface area (Å²) in [5.41, 5.74) is 5.80. The van der Waals surface area contributed by atoms with Crippen LogP contribution in [-0.2, 0) is 10.3 Å². The lowest BCUT2D eigenvalue weighted by Gasteiger charge is -2.37. The van der Waals surface area contributed by atoms with Crippen molar-refractivity contribution in [2.45, 2.75) is 51.4 Å². The van der Waals surface area contributed by atoms with Crippen LogP contribution in [0.25, 0.3) is 0 Å². The molecule has 1 saturated heterocycles. The van der Waals surface area contributed by atoms with Gasteiger partial charge in [0.05, 0.1) is 17.7 Å². The predicted molar refractivity (Wildman–Crippen MR) is 54.1 cm³/mol. The Morgan fingerprint density at radius 1 is 1.33 bits per heavy atom. The van der Waals surface area contributed by atoms with E-state index in [-0.39, 0.29) is 12.2 Å². The molecule has 2 atom stereocenters. The van der Waals surface area contributed by atoms with Crippen molar-refractivity contribution in [3.63, 3.8) is 0 Å². The molecule has 0 saturated carbocycles. The van der Waals surface area contributed by atoms with Crippen LogP contribution in [0.4, 0.5) is 0 Å². The number of rotatable bonds is 1. The molecule has 15 heavy (non-hydrogen) atoms. The van der Waals surface area contributed by atoms with E-state index in [0.29, 0.717) is 11.7 Å². The molecule has 1 aromatic heterocycles. The maximum atomic E-state index is 6.31. The molecule has 2 unspecified atom stereocenters. The van der Waals surface area contributed by atoms with Crippen LogP contribution in [0, 0.1) is 6.92 Å². The molecule has 0 bridgehead atoms. The summed E-state index contributed by atoms with van der Waals surface area (Å²) >= 11 is 0. The van der Waals surface area contributed by atoms with E-state index in [4.69, 9.17) is 15.0 Å². The molecule has 1 aliphatic heterocycles. The molecule has 1 aliphatic rings. The highest BCUT2D eigenvalue weighted by Crippen LogP contribution is 2.33. The summed E-state index contributed by atoms with van der Waals surface area (Å²) in [5, 5.41) is 3.91. The Bertz CT molecular complexity index is 340. The number of nitrogens with two attached hydrogens (primary N) is 1. The molecular formula is C10H17N3O2. The minimum absolute atomic E-state index is 0.137. The van der Waals surface area contributed by atoms with Gasteiger partial charge in [0.2, 0.25) is 5.89 Å². The fourth-order valence-electron chi connectivity index (χ4n) is 2.29. The van der Waals surface area contributed by atoms with E-state index in [0.717, 1.165) is 12.8 Å². The molecule has 0 amide bonds. The van der Waals surface area contributed by atoms with Gasteiger partial charge in [-0.15, -0.1) is 0 Å². The van der Waals surface area contributed by atoms with Gasteiger partial charge in [-0.25, -0.2) is 0 Å². The van der Waals surface area contributed by atoms with Crippen LogP contribution < -0.4 is 5.73 Å². The van der Waals surface area contributed by atoms with Gasteiger partial charge in [-0.3, -0.25) is 0 Å². The van der Waals surface area contributed by atoms with Gasteiger partial charge in [0.25, 0.3) is 0 Å². The first-order valence-corrected chi connectivity index (χ1v) is 5.25. The van der Waals surface area contributed by atoms with Gasteiger partial charge in [-0.2, -0.15) is 4.98 Å². The maximum Gasteiger partial charge on any atom is 0.223 e. The van der Waals surface area contributed by atoms with Crippen LogP contribution in [0.5, 0.6) is 0 Å². The summed E-state index contributed by atoms with van der Waals surface area (Å²) in [7, 11) is 0. The summed E-state index contributed by atoms with van der Waals surface area (Å²) in [6.45, 7) is 5.81. The van der Waals surface area contributed by atoms with E-state index >= 15 is 0 Å². The second kappa shape index (κ2) is 3.57. The molecule has 2 heterocycles. The minimum Gasteiger partial charge on any atom is -0.375 e. The summed E-state index contributed by atoms with van der Waals surface area (Å²) < 4.78 is 10.6. The zero-order valence-corrected chi connectivity index (χ0v) is 9.36. The third-order valence-corrected chi connectivity index (χ3v) is 2.74. The molecule has 0 radical (unpaired) electrons. The zero-order chi connectivity index (χ0) is 11.1. The molecule has 2 N–H and O–H groups in total. The van der Waals surface area contributed by atoms with Gasteiger partial charge < -0.3 is 15.0 Å². The number of ether oxygens (including phenoxy) is 1. The van der Waals surface area contributed by atoms with Gasteiger partial charge in [0.15, 0.2) is 5.82 Å². The monoisotopic (exact) mass is 211 g/mol. The van der Waals surface area contributed by atoms with E-state index in [1.807, 2.05) is 13.8 Å². The highest BCUT2D eigenvalue weighted by atomic mass is 16.5. The zero-order valence-electron chi connectivity index (χ0n) is 9.36. The summed E-state index contributed by atoms with van der Waals surface area (Å²) in [5.74, 6) is 1.16. The van der Waals surface area contributed by atoms with Crippen LogP contribution in [-0.4, -0.2) is 22.3 Å². The van der Waals surface area contributed by atoms with Crippen LogP contribution >= 0.6 is 0 Å². The topological polar surface area (TPSA) is 74.2 Å². The van der Waals surface area contributed by atoms with Gasteiger partial charge in [0, 0.05) is 6.92 Å². The second-order valence-corrected chi connectivity index (χ2v) is 4.46. The molecule has 1 fully saturated rings. The molecule has 0 spiro atoms. The van der Waals surface area contributed by atoms with E-state index in [1.54, 1.807) is 6.92 Å². The van der Waals surface area contributed by atoms with Gasteiger partial charge >= 0.3 is 0 Å². The van der Waals surface area contributed by atoms with Crippen molar-refractivity contribution >= 4 is 0 Å². The summed E-state index contributed by atoms with van der Waals surface area (Å²) in [4.78, 5) is 4.22. The smallest absolute Gasteiger partial charge is 0.223 e. The minimum atomic E-state index is -0.505. The highest BCUT2D eigenvalue weighted by Gasteiger charge is 2.40. The van der Waals surface area contributed by atoms with E-state index in [9.17, 15) is 0 Å². The van der Waals surface area contributed by atoms with Gasteiger partial charge in [-0.05, 0) is 26.7 Å². The third kappa shape index (κ3) is 2.03. The number of aromatic nitrogens is 2. The van der Waals surface area contributed by atoms with E-state index in [2.05, 4.69) is 10.1 Å². The highest BCUT2D eigenvalue weighted by molar-refractivity contribution is 5.06. The Labute approximate surface area is 89.0 Å². The molecule has 0 aromatic carbocycles. The third-order valence-electron chi connectivity index (χ3n) is 2.74. The number of hydrogen-bond acceptors (Lipinski definition) is 5. The molecule has 2 rings (SSSR count). The largest absolute Gasteiger partial charge is 0.375 e. The number of aryl methyl sites for hydroxylation is 1. The standard InChI is InChI=1S/C10H17N3O2/c1-6-4-10(11,5-7(2)14-6)9-12-8(3)15-13-9/h6-7H,4-5,11H2,1-3H3. The lowest BCUT2D eigenvalue weighted by Crippen LogP contribution is -2.48. The lowest BCUT2D eigenvalue weighted by atomic mass is 9.84. The van der Waals surface area contributed by atoms with Gasteiger partial charge in [-0.1, -0.05) is 5.16 Å². The van der Waals surface area contributed by atoms with Crippen LogP contribution in [0.15, 0.2) is 4.52 Å². The van der Waals surface area contributed by atoms with Crippen molar-refractivity contribution in [3.8, 4) is 0 Å². The Morgan fingerprint density at radius 3 is 2.40 bits per heavy atom. The van der Waals surface area contributed by atoms with Crippen molar-refractivity contribution < 1.29 is 9.26 Å². The Hall–Kier alpha value is -0.940. The Balaban J connectivity index is 2.25. The molecular weight excluding hydrogens is 194 g/mol. The molecule has 0 aliphatic carbocycles. The SMILES string of the molecule is Cc1nc(C2(N)CC(C)OC(C)C2)no1. The van der Waals surface area contributed by atoms with Crippen molar-refractivity contribution in [3.05, 3.63) is 11.7 Å². The fraction of sp³-hybridized carbons (Fsp3) is 0.800. The molecule has 1 aromatic rings. The average Bonchev–Trinajstić information content (AvgIpc) is 2.49. The quantitative estimate of drug-likeness (QED) is 0.753. The lowest BCUT2D eigenvalue weighted by molar-refractivity contribution is -0.0640. The normalized spacial score (nSPS) is 36.8. The average molecular weight is 211 g/mol. The Kier molecular flexibility index (Phi) is 2.52. The van der Waals surface area contributed by atoms with Crippen molar-refractivity contribution in [2.75, 3.05) is 0 Å². The first-order valence-electron chi connectivity index (χ1n) is 5.25. The van der Waals surface area contributed by atoms with Crippen molar-refractivity contribution in [1.82, 2.24) is 10.1 Å². The van der Waals surface area contributed by atoms with Crippen LogP contribution in [0.1, 0.15) is 38.4 Å². The summed E-state index contributed by atoms with van der Waals surface area (Å²) in [6.07, 6.45) is 1.74. The van der Waals surface area contributed by atoms with Gasteiger partial charge in [0.1, 0.15) is 0 Å². The molecule has 5 nitrogen and oxygen atoms in total. The number of hydrogen-bond donors (Lipinski definition) is 1. The Morgan fingerprint density at radius 2 is 1.93 bits per heavy atom. The molecule has 5 heteroatoms. The predicted octanol–water partition coefficient (Wildman–Crippen LogP) is 1.12. The first kappa shape index (κ1) is 10.6. The second-order valence-electron chi connectivity index (χ2n) is 4.46. The van der Waals surface area contributed by atoms with Crippen molar-refractivity contribution in [1.29, 1.82) is 0 Å². The first-order chi connectivity index (χ1) is 6.99. The van der Waals surface area contributed by atoms with Crippen molar-refractivity contribution in [2.24, 2.45) is 5.73 Å². The fourth-order valence-corrected chi connectivity index (χ4v) is 2.29. The molecule has 84 valence electrons. The van der Waals surface area contributed by atoms with Crippen LogP contribution in [0.2, 0.25) is 0 Å². The van der Waals surface area contributed by atoms with E-state index in [1.165, 1.54) is 0 Å². The maximum absolute atomic E-state index is 6.31. The van der Waals surface area contributed by atoms with Crippen LogP contribution in [0.3, 0.4) is 0 Å². The van der Waals surface area contributed by atoms with E-state index < -0.39 is 5.54 Å². The summed E-state index contributed by atoms with van der Waals surface area (Å²) in [6, 6.07) is 0. The number of nitrogens with zero attached hydrogens (tertiary/aromatic N) is 2.